The number of carbonyl (C=O) groups excluding carboxylic acids is 1. The third-order valence-corrected chi connectivity index (χ3v) is 8.71. The molecule has 1 fully saturated rings. The zero-order valence-corrected chi connectivity index (χ0v) is 25.5. The van der Waals surface area contributed by atoms with Gasteiger partial charge in [0.1, 0.15) is 28.2 Å². The van der Waals surface area contributed by atoms with Gasteiger partial charge in [0.05, 0.1) is 10.6 Å². The highest BCUT2D eigenvalue weighted by molar-refractivity contribution is 8.26. The number of para-hydroxylation sites is 1. The number of rotatable bonds is 12. The molecule has 0 N–H and O–H groups in total. The fourth-order valence-corrected chi connectivity index (χ4v) is 6.15. The van der Waals surface area contributed by atoms with Crippen molar-refractivity contribution in [2.45, 2.75) is 46.1 Å². The van der Waals surface area contributed by atoms with Crippen LogP contribution >= 0.6 is 24.0 Å². The van der Waals surface area contributed by atoms with Gasteiger partial charge in [0.15, 0.2) is 0 Å². The first-order valence-corrected chi connectivity index (χ1v) is 15.6. The van der Waals surface area contributed by atoms with Gasteiger partial charge < -0.3 is 4.74 Å². The zero-order valence-electron chi connectivity index (χ0n) is 23.8. The molecule has 5 nitrogen and oxygen atoms in total. The molecule has 1 amide bonds. The van der Waals surface area contributed by atoms with Gasteiger partial charge >= 0.3 is 0 Å². The lowest BCUT2D eigenvalue weighted by Crippen LogP contribution is -2.33. The predicted molar refractivity (Wildman–Crippen MR) is 173 cm³/mol. The fraction of sp³-hybridized carbons (Fsp3) is 0.265. The highest BCUT2D eigenvalue weighted by atomic mass is 32.2. The van der Waals surface area contributed by atoms with Crippen molar-refractivity contribution >= 4 is 40.3 Å². The summed E-state index contributed by atoms with van der Waals surface area (Å²) in [5, 5.41) is 4.93. The number of thiocarbonyl (C=S) groups is 1. The lowest BCUT2D eigenvalue weighted by Gasteiger charge is -2.21. The van der Waals surface area contributed by atoms with Gasteiger partial charge in [-0.2, -0.15) is 5.10 Å². The van der Waals surface area contributed by atoms with Gasteiger partial charge in [0, 0.05) is 23.9 Å². The number of benzene rings is 3. The summed E-state index contributed by atoms with van der Waals surface area (Å²) >= 11 is 7.01. The van der Waals surface area contributed by atoms with Crippen LogP contribution in [0.5, 0.6) is 5.75 Å². The van der Waals surface area contributed by atoms with E-state index in [1.165, 1.54) is 23.9 Å². The van der Waals surface area contributed by atoms with E-state index in [4.69, 9.17) is 22.1 Å². The molecule has 8 heteroatoms. The molecule has 0 radical (unpaired) electrons. The topological polar surface area (TPSA) is 47.4 Å². The van der Waals surface area contributed by atoms with Crippen molar-refractivity contribution < 1.29 is 13.9 Å². The van der Waals surface area contributed by atoms with Crippen LogP contribution in [0.3, 0.4) is 0 Å². The second kappa shape index (κ2) is 13.9. The largest absolute Gasteiger partial charge is 0.489 e. The minimum atomic E-state index is -0.277. The molecule has 1 aromatic heterocycles. The third-order valence-electron chi connectivity index (χ3n) is 7.33. The highest BCUT2D eigenvalue weighted by Gasteiger charge is 2.33. The summed E-state index contributed by atoms with van der Waals surface area (Å²) in [5.74, 6) is 0.775. The second-order valence-electron chi connectivity index (χ2n) is 10.4. The second-order valence-corrected chi connectivity index (χ2v) is 12.0. The van der Waals surface area contributed by atoms with Crippen LogP contribution in [0.25, 0.3) is 23.0 Å². The smallest absolute Gasteiger partial charge is 0.266 e. The maximum atomic E-state index is 13.5. The van der Waals surface area contributed by atoms with E-state index in [1.807, 2.05) is 71.6 Å². The SMILES string of the molecule is CCCCC(CC)CN1C(=O)C(=Cc2cn(-c3ccccc3)nc2-c2cccc(OCc3ccc(F)cc3)c2)SC1=S. The van der Waals surface area contributed by atoms with Gasteiger partial charge in [0.2, 0.25) is 0 Å². The van der Waals surface area contributed by atoms with Crippen molar-refractivity contribution in [1.82, 2.24) is 14.7 Å². The molecule has 42 heavy (non-hydrogen) atoms. The number of unbranched alkanes of at least 4 members (excludes halogenated alkanes) is 1. The minimum absolute atomic E-state index is 0.0465. The number of aromatic nitrogens is 2. The first kappa shape index (κ1) is 29.7. The molecule has 1 aliphatic heterocycles. The van der Waals surface area contributed by atoms with Gasteiger partial charge in [-0.05, 0) is 60.4 Å². The van der Waals surface area contributed by atoms with Crippen molar-refractivity contribution in [3.05, 3.63) is 107 Å². The van der Waals surface area contributed by atoms with E-state index in [1.54, 1.807) is 17.0 Å². The summed E-state index contributed by atoms with van der Waals surface area (Å²) < 4.78 is 21.8. The van der Waals surface area contributed by atoms with Crippen molar-refractivity contribution in [3.63, 3.8) is 0 Å². The summed E-state index contributed by atoms with van der Waals surface area (Å²) in [7, 11) is 0. The average molecular weight is 600 g/mol. The van der Waals surface area contributed by atoms with E-state index in [2.05, 4.69) is 13.8 Å². The van der Waals surface area contributed by atoms with Gasteiger partial charge in [-0.15, -0.1) is 0 Å². The Morgan fingerprint density at radius 1 is 1.05 bits per heavy atom. The standard InChI is InChI=1S/C34H34FN3O2S2/c1-3-5-10-24(4-2)21-37-33(39)31(42-34(37)41)20-27-22-38(29-12-7-6-8-13-29)36-32(27)26-11-9-14-30(19-26)40-23-25-15-17-28(35)18-16-25/h6-9,11-20,22,24H,3-5,10,21,23H2,1-2H3. The first-order valence-electron chi connectivity index (χ1n) is 14.3. The van der Waals surface area contributed by atoms with Crippen LogP contribution in [0.15, 0.2) is 90.0 Å². The molecule has 0 spiro atoms. The molecule has 0 aliphatic carbocycles. The van der Waals surface area contributed by atoms with Crippen LogP contribution in [0.1, 0.15) is 50.7 Å². The Bertz CT molecular complexity index is 1570. The summed E-state index contributed by atoms with van der Waals surface area (Å²) in [6.07, 6.45) is 8.25. The molecular weight excluding hydrogens is 566 g/mol. The van der Waals surface area contributed by atoms with E-state index in [9.17, 15) is 9.18 Å². The van der Waals surface area contributed by atoms with E-state index in [0.29, 0.717) is 34.0 Å². The normalized spacial score (nSPS) is 15.0. The Balaban J connectivity index is 1.44. The number of nitrogens with zero attached hydrogens (tertiary/aromatic N) is 3. The summed E-state index contributed by atoms with van der Waals surface area (Å²) in [5.41, 5.74) is 4.18. The van der Waals surface area contributed by atoms with Crippen LogP contribution in [-0.4, -0.2) is 31.5 Å². The number of halogens is 1. The molecule has 1 aliphatic rings. The monoisotopic (exact) mass is 599 g/mol. The number of ether oxygens (including phenoxy) is 1. The van der Waals surface area contributed by atoms with Crippen LogP contribution in [0, 0.1) is 11.7 Å². The Morgan fingerprint density at radius 3 is 2.57 bits per heavy atom. The van der Waals surface area contributed by atoms with Gasteiger partial charge in [-0.25, -0.2) is 9.07 Å². The van der Waals surface area contributed by atoms with E-state index >= 15 is 0 Å². The predicted octanol–water partition coefficient (Wildman–Crippen LogP) is 8.68. The molecular formula is C34H34FN3O2S2. The lowest BCUT2D eigenvalue weighted by atomic mass is 9.99. The number of hydrogen-bond acceptors (Lipinski definition) is 5. The lowest BCUT2D eigenvalue weighted by molar-refractivity contribution is -0.122. The molecule has 0 bridgehead atoms. The maximum Gasteiger partial charge on any atom is 0.266 e. The molecule has 4 aromatic rings. The molecule has 2 heterocycles. The van der Waals surface area contributed by atoms with Gasteiger partial charge in [-0.3, -0.25) is 9.69 Å². The van der Waals surface area contributed by atoms with Crippen LogP contribution in [0.2, 0.25) is 0 Å². The fourth-order valence-electron chi connectivity index (χ4n) is 4.88. The van der Waals surface area contributed by atoms with Crippen LogP contribution in [0.4, 0.5) is 4.39 Å². The Hall–Kier alpha value is -3.75. The van der Waals surface area contributed by atoms with Crippen molar-refractivity contribution in [1.29, 1.82) is 0 Å². The molecule has 5 rings (SSSR count). The van der Waals surface area contributed by atoms with Crippen LogP contribution in [-0.2, 0) is 11.4 Å². The number of carbonyl (C=O) groups is 1. The first-order chi connectivity index (χ1) is 20.4. The van der Waals surface area contributed by atoms with E-state index in [-0.39, 0.29) is 11.7 Å². The summed E-state index contributed by atoms with van der Waals surface area (Å²) in [4.78, 5) is 15.9. The van der Waals surface area contributed by atoms with Gasteiger partial charge in [0.25, 0.3) is 5.91 Å². The number of hydrogen-bond donors (Lipinski definition) is 0. The molecule has 1 atom stereocenters. The Kier molecular flexibility index (Phi) is 9.87. The molecule has 0 saturated carbocycles. The molecule has 216 valence electrons. The summed E-state index contributed by atoms with van der Waals surface area (Å²) in [6.45, 7) is 5.34. The third kappa shape index (κ3) is 7.17. The quantitative estimate of drug-likeness (QED) is 0.120. The number of amides is 1. The van der Waals surface area contributed by atoms with Crippen molar-refractivity contribution in [2.24, 2.45) is 5.92 Å². The highest BCUT2D eigenvalue weighted by Crippen LogP contribution is 2.36. The van der Waals surface area contributed by atoms with Gasteiger partial charge in [-0.1, -0.05) is 99.6 Å². The van der Waals surface area contributed by atoms with Crippen molar-refractivity contribution in [2.75, 3.05) is 6.54 Å². The van der Waals surface area contributed by atoms with Crippen molar-refractivity contribution in [3.8, 4) is 22.7 Å². The maximum absolute atomic E-state index is 13.5. The van der Waals surface area contributed by atoms with E-state index < -0.39 is 0 Å². The molecule has 1 unspecified atom stereocenters. The Morgan fingerprint density at radius 2 is 1.83 bits per heavy atom. The molecule has 1 saturated heterocycles. The molecule has 3 aromatic carbocycles. The van der Waals surface area contributed by atoms with E-state index in [0.717, 1.165) is 53.8 Å². The van der Waals surface area contributed by atoms with Crippen LogP contribution < -0.4 is 4.74 Å². The number of thioether (sulfide) groups is 1. The Labute approximate surface area is 256 Å². The average Bonchev–Trinajstić information content (AvgIpc) is 3.55. The minimum Gasteiger partial charge on any atom is -0.489 e. The zero-order chi connectivity index (χ0) is 29.5. The summed E-state index contributed by atoms with van der Waals surface area (Å²) in [6, 6.07) is 23.9.